The number of methoxy groups -OCH3 is 1. The topological polar surface area (TPSA) is 79.5 Å². The van der Waals surface area contributed by atoms with Crippen LogP contribution in [0, 0.1) is 5.82 Å². The lowest BCUT2D eigenvalue weighted by Crippen LogP contribution is -2.35. The number of amides is 3. The zero-order valence-corrected chi connectivity index (χ0v) is 13.5. The summed E-state index contributed by atoms with van der Waals surface area (Å²) >= 11 is 5.62. The van der Waals surface area contributed by atoms with Crippen molar-refractivity contribution in [2.75, 3.05) is 24.3 Å². The normalized spacial score (nSPS) is 9.96. The van der Waals surface area contributed by atoms with Crippen LogP contribution in [0.15, 0.2) is 42.5 Å². The highest BCUT2D eigenvalue weighted by Gasteiger charge is 2.08. The molecule has 8 heteroatoms. The Kier molecular flexibility index (Phi) is 5.97. The number of hydrogen-bond acceptors (Lipinski definition) is 3. The van der Waals surface area contributed by atoms with Gasteiger partial charge < -0.3 is 20.7 Å². The minimum absolute atomic E-state index is 0.106. The largest absolute Gasteiger partial charge is 0.497 e. The number of carbonyl (C=O) groups excluding carboxylic acids is 2. The number of carbonyl (C=O) groups is 2. The molecule has 0 unspecified atom stereocenters. The van der Waals surface area contributed by atoms with Crippen molar-refractivity contribution >= 4 is 34.9 Å². The van der Waals surface area contributed by atoms with E-state index >= 15 is 0 Å². The van der Waals surface area contributed by atoms with Gasteiger partial charge in [-0.1, -0.05) is 11.6 Å². The van der Waals surface area contributed by atoms with E-state index in [1.54, 1.807) is 31.4 Å². The van der Waals surface area contributed by atoms with Gasteiger partial charge in [0.25, 0.3) is 0 Å². The third-order valence-electron chi connectivity index (χ3n) is 2.96. The summed E-state index contributed by atoms with van der Waals surface area (Å²) in [6.07, 6.45) is 0. The van der Waals surface area contributed by atoms with Crippen LogP contribution in [0.5, 0.6) is 5.75 Å². The number of halogens is 2. The van der Waals surface area contributed by atoms with E-state index in [2.05, 4.69) is 16.0 Å². The predicted molar refractivity (Wildman–Crippen MR) is 90.1 cm³/mol. The molecule has 0 atom stereocenters. The fraction of sp³-hybridized carbons (Fsp3) is 0.125. The lowest BCUT2D eigenvalue weighted by Gasteiger charge is -2.09. The highest BCUT2D eigenvalue weighted by Crippen LogP contribution is 2.19. The van der Waals surface area contributed by atoms with E-state index in [4.69, 9.17) is 16.3 Å². The molecule has 0 saturated heterocycles. The van der Waals surface area contributed by atoms with E-state index in [0.717, 1.165) is 6.07 Å². The van der Waals surface area contributed by atoms with Crippen LogP contribution in [0.2, 0.25) is 5.02 Å². The molecule has 0 radical (unpaired) electrons. The van der Waals surface area contributed by atoms with Gasteiger partial charge in [0.15, 0.2) is 0 Å². The van der Waals surface area contributed by atoms with Crippen LogP contribution in [0.1, 0.15) is 0 Å². The summed E-state index contributed by atoms with van der Waals surface area (Å²) < 4.78 is 18.0. The molecule has 2 aromatic rings. The van der Waals surface area contributed by atoms with Gasteiger partial charge in [0.05, 0.1) is 18.7 Å². The van der Waals surface area contributed by atoms with Gasteiger partial charge >= 0.3 is 6.03 Å². The number of anilines is 2. The predicted octanol–water partition coefficient (Wildman–Crippen LogP) is 3.25. The van der Waals surface area contributed by atoms with Gasteiger partial charge in [-0.2, -0.15) is 0 Å². The molecule has 2 rings (SSSR count). The lowest BCUT2D eigenvalue weighted by atomic mass is 10.3. The third-order valence-corrected chi connectivity index (χ3v) is 3.25. The molecular formula is C16H15ClFN3O3. The van der Waals surface area contributed by atoms with Crippen LogP contribution in [-0.2, 0) is 4.79 Å². The van der Waals surface area contributed by atoms with Gasteiger partial charge in [-0.3, -0.25) is 4.79 Å². The van der Waals surface area contributed by atoms with Crippen molar-refractivity contribution in [2.45, 2.75) is 0 Å². The van der Waals surface area contributed by atoms with Crippen LogP contribution in [-0.4, -0.2) is 25.6 Å². The van der Waals surface area contributed by atoms with E-state index in [-0.39, 0.29) is 11.6 Å². The van der Waals surface area contributed by atoms with Crippen molar-refractivity contribution in [2.24, 2.45) is 0 Å². The number of nitrogens with one attached hydrogen (secondary N) is 3. The fourth-order valence-electron chi connectivity index (χ4n) is 1.79. The number of hydrogen-bond donors (Lipinski definition) is 3. The molecule has 0 heterocycles. The van der Waals surface area contributed by atoms with Crippen molar-refractivity contribution < 1.29 is 18.7 Å². The molecule has 0 saturated carbocycles. The first-order valence-electron chi connectivity index (χ1n) is 6.92. The molecule has 2 aromatic carbocycles. The summed E-state index contributed by atoms with van der Waals surface area (Å²) in [5, 5.41) is 7.35. The van der Waals surface area contributed by atoms with E-state index in [1.807, 2.05) is 0 Å². The molecular weight excluding hydrogens is 337 g/mol. The molecule has 3 N–H and O–H groups in total. The summed E-state index contributed by atoms with van der Waals surface area (Å²) in [5.74, 6) is -0.308. The number of ether oxygens (including phenoxy) is 1. The Morgan fingerprint density at radius 3 is 2.38 bits per heavy atom. The Bertz CT molecular complexity index is 738. The van der Waals surface area contributed by atoms with Gasteiger partial charge in [0, 0.05) is 11.4 Å². The third kappa shape index (κ3) is 5.13. The lowest BCUT2D eigenvalue weighted by molar-refractivity contribution is -0.115. The first-order chi connectivity index (χ1) is 11.5. The molecule has 0 bridgehead atoms. The van der Waals surface area contributed by atoms with Crippen LogP contribution in [0.4, 0.5) is 20.6 Å². The van der Waals surface area contributed by atoms with Crippen LogP contribution in [0.25, 0.3) is 0 Å². The molecule has 0 aliphatic heterocycles. The standard InChI is InChI=1S/C16H15ClFN3O3/c1-24-12-5-2-10(3-6-12)20-15(22)9-19-16(23)21-11-4-7-14(18)13(17)8-11/h2-8H,9H2,1H3,(H,20,22)(H2,19,21,23). The van der Waals surface area contributed by atoms with Crippen LogP contribution < -0.4 is 20.7 Å². The maximum atomic E-state index is 13.0. The second-order valence-corrected chi connectivity index (χ2v) is 5.12. The molecule has 0 aliphatic rings. The Morgan fingerprint density at radius 2 is 1.75 bits per heavy atom. The van der Waals surface area contributed by atoms with Gasteiger partial charge in [-0.25, -0.2) is 9.18 Å². The van der Waals surface area contributed by atoms with Gasteiger partial charge in [0.1, 0.15) is 11.6 Å². The van der Waals surface area contributed by atoms with Crippen molar-refractivity contribution in [3.8, 4) is 5.75 Å². The zero-order chi connectivity index (χ0) is 17.5. The summed E-state index contributed by atoms with van der Waals surface area (Å²) in [5.41, 5.74) is 0.891. The van der Waals surface area contributed by atoms with E-state index in [9.17, 15) is 14.0 Å². The van der Waals surface area contributed by atoms with E-state index in [0.29, 0.717) is 17.1 Å². The summed E-state index contributed by atoms with van der Waals surface area (Å²) in [4.78, 5) is 23.5. The summed E-state index contributed by atoms with van der Waals surface area (Å²) in [6.45, 7) is -0.229. The molecule has 0 aliphatic carbocycles. The second-order valence-electron chi connectivity index (χ2n) is 4.71. The maximum absolute atomic E-state index is 13.0. The Hall–Kier alpha value is -2.80. The van der Waals surface area contributed by atoms with Crippen molar-refractivity contribution in [3.05, 3.63) is 53.3 Å². The van der Waals surface area contributed by atoms with E-state index < -0.39 is 17.8 Å². The Labute approximate surface area is 143 Å². The summed E-state index contributed by atoms with van der Waals surface area (Å²) in [7, 11) is 1.55. The molecule has 24 heavy (non-hydrogen) atoms. The molecule has 0 aromatic heterocycles. The van der Waals surface area contributed by atoms with E-state index in [1.165, 1.54) is 12.1 Å². The van der Waals surface area contributed by atoms with Crippen LogP contribution in [0.3, 0.4) is 0 Å². The number of rotatable bonds is 5. The zero-order valence-electron chi connectivity index (χ0n) is 12.7. The molecule has 0 fully saturated rings. The molecule has 6 nitrogen and oxygen atoms in total. The quantitative estimate of drug-likeness (QED) is 0.773. The monoisotopic (exact) mass is 351 g/mol. The first-order valence-corrected chi connectivity index (χ1v) is 7.29. The number of benzene rings is 2. The first kappa shape index (κ1) is 17.6. The van der Waals surface area contributed by atoms with Crippen molar-refractivity contribution in [1.29, 1.82) is 0 Å². The second kappa shape index (κ2) is 8.16. The molecule has 0 spiro atoms. The van der Waals surface area contributed by atoms with Gasteiger partial charge in [-0.05, 0) is 42.5 Å². The smallest absolute Gasteiger partial charge is 0.319 e. The average Bonchev–Trinajstić information content (AvgIpc) is 2.57. The summed E-state index contributed by atoms with van der Waals surface area (Å²) in [6, 6.07) is 9.92. The van der Waals surface area contributed by atoms with Crippen molar-refractivity contribution in [1.82, 2.24) is 5.32 Å². The number of urea groups is 1. The Morgan fingerprint density at radius 1 is 1.08 bits per heavy atom. The minimum atomic E-state index is -0.609. The molecule has 126 valence electrons. The fourth-order valence-corrected chi connectivity index (χ4v) is 1.97. The maximum Gasteiger partial charge on any atom is 0.319 e. The highest BCUT2D eigenvalue weighted by molar-refractivity contribution is 6.31. The van der Waals surface area contributed by atoms with Crippen LogP contribution >= 0.6 is 11.6 Å². The average molecular weight is 352 g/mol. The van der Waals surface area contributed by atoms with Crippen molar-refractivity contribution in [3.63, 3.8) is 0 Å². The minimum Gasteiger partial charge on any atom is -0.497 e. The van der Waals surface area contributed by atoms with Gasteiger partial charge in [-0.15, -0.1) is 0 Å². The molecule has 3 amide bonds. The Balaban J connectivity index is 1.79. The highest BCUT2D eigenvalue weighted by atomic mass is 35.5. The SMILES string of the molecule is COc1ccc(NC(=O)CNC(=O)Nc2ccc(F)c(Cl)c2)cc1. The van der Waals surface area contributed by atoms with Gasteiger partial charge in [0.2, 0.25) is 5.91 Å².